The van der Waals surface area contributed by atoms with Gasteiger partial charge >= 0.3 is 0 Å². The average molecular weight is 338 g/mol. The highest BCUT2D eigenvalue weighted by atomic mass is 15.3. The van der Waals surface area contributed by atoms with Gasteiger partial charge in [-0.25, -0.2) is 0 Å². The minimum Gasteiger partial charge on any atom is -0.300 e. The second kappa shape index (κ2) is 6.58. The summed E-state index contributed by atoms with van der Waals surface area (Å²) in [6.07, 6.45) is 4.73. The molecule has 0 amide bonds. The molecule has 0 N–H and O–H groups in total. The Morgan fingerprint density at radius 1 is 0.960 bits per heavy atom. The van der Waals surface area contributed by atoms with E-state index in [2.05, 4.69) is 53.0 Å². The first-order valence-electron chi connectivity index (χ1n) is 9.55. The van der Waals surface area contributed by atoms with Crippen molar-refractivity contribution in [2.45, 2.75) is 38.6 Å². The van der Waals surface area contributed by atoms with Gasteiger partial charge in [0.05, 0.1) is 6.20 Å². The Bertz CT molecular complexity index is 719. The molecule has 1 aromatic heterocycles. The van der Waals surface area contributed by atoms with Crippen molar-refractivity contribution in [3.05, 3.63) is 52.8 Å². The molecule has 1 saturated carbocycles. The van der Waals surface area contributed by atoms with Crippen LogP contribution in [0.3, 0.4) is 0 Å². The monoisotopic (exact) mass is 338 g/mol. The second-order valence-electron chi connectivity index (χ2n) is 8.08. The molecule has 4 nitrogen and oxygen atoms in total. The van der Waals surface area contributed by atoms with Crippen LogP contribution >= 0.6 is 0 Å². The Kier molecular flexibility index (Phi) is 4.42. The van der Waals surface area contributed by atoms with E-state index in [1.165, 1.54) is 49.3 Å². The van der Waals surface area contributed by atoms with Crippen molar-refractivity contribution < 1.29 is 0 Å². The molecule has 25 heavy (non-hydrogen) atoms. The van der Waals surface area contributed by atoms with Crippen molar-refractivity contribution in [3.8, 4) is 0 Å². The van der Waals surface area contributed by atoms with Gasteiger partial charge in [-0.15, -0.1) is 0 Å². The van der Waals surface area contributed by atoms with Gasteiger partial charge in [-0.05, 0) is 32.3 Å². The van der Waals surface area contributed by atoms with E-state index in [0.29, 0.717) is 5.41 Å². The van der Waals surface area contributed by atoms with Gasteiger partial charge in [0.1, 0.15) is 0 Å². The topological polar surface area (TPSA) is 24.3 Å². The maximum absolute atomic E-state index is 4.37. The summed E-state index contributed by atoms with van der Waals surface area (Å²) in [5, 5.41) is 4.37. The van der Waals surface area contributed by atoms with Crippen LogP contribution in [0.5, 0.6) is 0 Å². The van der Waals surface area contributed by atoms with E-state index in [-0.39, 0.29) is 0 Å². The van der Waals surface area contributed by atoms with Gasteiger partial charge in [0.25, 0.3) is 0 Å². The van der Waals surface area contributed by atoms with Gasteiger partial charge in [0.15, 0.2) is 0 Å². The van der Waals surface area contributed by atoms with Crippen molar-refractivity contribution >= 4 is 0 Å². The lowest BCUT2D eigenvalue weighted by atomic mass is 9.94. The lowest BCUT2D eigenvalue weighted by molar-refractivity contribution is 0.119. The van der Waals surface area contributed by atoms with Crippen LogP contribution in [-0.2, 0) is 19.0 Å². The van der Waals surface area contributed by atoms with Crippen molar-refractivity contribution in [1.29, 1.82) is 0 Å². The van der Waals surface area contributed by atoms with Crippen LogP contribution < -0.4 is 0 Å². The Labute approximate surface area is 151 Å². The van der Waals surface area contributed by atoms with E-state index in [9.17, 15) is 0 Å². The zero-order valence-electron chi connectivity index (χ0n) is 15.8. The molecule has 2 aromatic rings. The van der Waals surface area contributed by atoms with Gasteiger partial charge in [-0.3, -0.25) is 14.5 Å². The van der Waals surface area contributed by atoms with E-state index < -0.39 is 0 Å². The number of aromatic nitrogens is 2. The minimum atomic E-state index is 0.440. The van der Waals surface area contributed by atoms with Crippen molar-refractivity contribution in [3.63, 3.8) is 0 Å². The summed E-state index contributed by atoms with van der Waals surface area (Å²) in [7, 11) is 2.02. The number of rotatable bonds is 5. The first-order chi connectivity index (χ1) is 12.1. The molecule has 2 fully saturated rings. The number of piperazine rings is 1. The Morgan fingerprint density at radius 3 is 2.16 bits per heavy atom. The zero-order valence-corrected chi connectivity index (χ0v) is 15.8. The number of hydrogen-bond donors (Lipinski definition) is 0. The molecule has 1 aliphatic heterocycles. The lowest BCUT2D eigenvalue weighted by Gasteiger charge is -2.36. The van der Waals surface area contributed by atoms with Crippen molar-refractivity contribution in [1.82, 2.24) is 19.6 Å². The SMILES string of the molecule is Cc1ccc(C2(CN3CCN(Cc4cnn(C)c4C)CC3)CC2)cc1. The molecule has 4 heteroatoms. The average Bonchev–Trinajstić information content (AvgIpc) is 3.33. The highest BCUT2D eigenvalue weighted by Crippen LogP contribution is 2.48. The maximum atomic E-state index is 4.37. The quantitative estimate of drug-likeness (QED) is 0.838. The Hall–Kier alpha value is -1.65. The lowest BCUT2D eigenvalue weighted by Crippen LogP contribution is -2.48. The second-order valence-corrected chi connectivity index (χ2v) is 8.08. The van der Waals surface area contributed by atoms with Crippen molar-refractivity contribution in [2.24, 2.45) is 7.05 Å². The number of benzene rings is 1. The summed E-state index contributed by atoms with van der Waals surface area (Å²) in [6, 6.07) is 9.24. The standard InChI is InChI=1S/C21H30N4/c1-17-4-6-20(7-5-17)21(8-9-21)16-25-12-10-24(11-13-25)15-19-14-22-23(3)18(19)2/h4-7,14H,8-13,15-16H2,1-3H3. The molecule has 1 saturated heterocycles. The fourth-order valence-corrected chi connectivity index (χ4v) is 4.07. The van der Waals surface area contributed by atoms with Crippen molar-refractivity contribution in [2.75, 3.05) is 32.7 Å². The minimum absolute atomic E-state index is 0.440. The van der Waals surface area contributed by atoms with Gasteiger partial charge in [-0.1, -0.05) is 29.8 Å². The van der Waals surface area contributed by atoms with E-state index in [1.54, 1.807) is 5.56 Å². The highest BCUT2D eigenvalue weighted by molar-refractivity contribution is 5.34. The Morgan fingerprint density at radius 2 is 1.60 bits per heavy atom. The summed E-state index contributed by atoms with van der Waals surface area (Å²) in [4.78, 5) is 5.26. The summed E-state index contributed by atoms with van der Waals surface area (Å²) in [6.45, 7) is 11.3. The fourth-order valence-electron chi connectivity index (χ4n) is 4.07. The molecule has 0 unspecified atom stereocenters. The third kappa shape index (κ3) is 3.51. The molecular weight excluding hydrogens is 308 g/mol. The van der Waals surface area contributed by atoms with Crippen LogP contribution in [-0.4, -0.2) is 52.3 Å². The summed E-state index contributed by atoms with van der Waals surface area (Å²) in [5.41, 5.74) is 6.01. The van der Waals surface area contributed by atoms with E-state index >= 15 is 0 Å². The molecule has 1 aliphatic carbocycles. The van der Waals surface area contributed by atoms with E-state index in [4.69, 9.17) is 0 Å². The first kappa shape index (κ1) is 16.8. The van der Waals surface area contributed by atoms with Crippen LogP contribution in [0.15, 0.2) is 30.5 Å². The predicted octanol–water partition coefficient (Wildman–Crippen LogP) is 2.89. The van der Waals surface area contributed by atoms with Crippen LogP contribution in [0.1, 0.15) is 35.2 Å². The van der Waals surface area contributed by atoms with Crippen LogP contribution in [0, 0.1) is 13.8 Å². The highest BCUT2D eigenvalue weighted by Gasteiger charge is 2.45. The Balaban J connectivity index is 1.32. The fraction of sp³-hybridized carbons (Fsp3) is 0.571. The van der Waals surface area contributed by atoms with Gasteiger partial charge in [0, 0.05) is 63.0 Å². The number of hydrogen-bond acceptors (Lipinski definition) is 3. The predicted molar refractivity (Wildman–Crippen MR) is 102 cm³/mol. The maximum Gasteiger partial charge on any atom is 0.0537 e. The van der Waals surface area contributed by atoms with Gasteiger partial charge in [-0.2, -0.15) is 5.10 Å². The molecule has 0 spiro atoms. The van der Waals surface area contributed by atoms with E-state index in [0.717, 1.165) is 19.6 Å². The third-order valence-corrected chi connectivity index (χ3v) is 6.24. The molecule has 134 valence electrons. The molecule has 0 atom stereocenters. The smallest absolute Gasteiger partial charge is 0.0537 e. The number of nitrogens with zero attached hydrogens (tertiary/aromatic N) is 4. The summed E-state index contributed by atoms with van der Waals surface area (Å²) in [5.74, 6) is 0. The molecule has 2 aliphatic rings. The van der Waals surface area contributed by atoms with Crippen LogP contribution in [0.25, 0.3) is 0 Å². The molecule has 0 bridgehead atoms. The molecule has 4 rings (SSSR count). The summed E-state index contributed by atoms with van der Waals surface area (Å²) < 4.78 is 1.98. The molecular formula is C21H30N4. The third-order valence-electron chi connectivity index (χ3n) is 6.24. The molecule has 1 aromatic carbocycles. The number of aryl methyl sites for hydroxylation is 2. The van der Waals surface area contributed by atoms with E-state index in [1.807, 2.05) is 17.9 Å². The summed E-state index contributed by atoms with van der Waals surface area (Å²) >= 11 is 0. The molecule has 2 heterocycles. The van der Waals surface area contributed by atoms with Crippen LogP contribution in [0.4, 0.5) is 0 Å². The zero-order chi connectivity index (χ0) is 17.4. The largest absolute Gasteiger partial charge is 0.300 e. The first-order valence-corrected chi connectivity index (χ1v) is 9.55. The van der Waals surface area contributed by atoms with Crippen LogP contribution in [0.2, 0.25) is 0 Å². The van der Waals surface area contributed by atoms with Gasteiger partial charge in [0.2, 0.25) is 0 Å². The molecule has 0 radical (unpaired) electrons. The normalized spacial score (nSPS) is 20.8. The van der Waals surface area contributed by atoms with Gasteiger partial charge < -0.3 is 0 Å².